The largest absolute Gasteiger partial charge is 0.474 e. The molecule has 0 bridgehead atoms. The number of hydrogen-bond acceptors (Lipinski definition) is 2. The summed E-state index contributed by atoms with van der Waals surface area (Å²) in [6.45, 7) is 6.03. The number of rotatable bonds is 2. The molecule has 1 fully saturated rings. The van der Waals surface area contributed by atoms with Gasteiger partial charge in [-0.05, 0) is 31.7 Å². The smallest absolute Gasteiger partial charge is 0.213 e. The van der Waals surface area contributed by atoms with E-state index in [1.807, 2.05) is 39.1 Å². The summed E-state index contributed by atoms with van der Waals surface area (Å²) in [5.74, 6) is 0.769. The van der Waals surface area contributed by atoms with E-state index >= 15 is 0 Å². The average molecular weight is 193 g/mol. The Bertz CT molecular complexity index is 252. The van der Waals surface area contributed by atoms with Gasteiger partial charge in [-0.3, -0.25) is 0 Å². The van der Waals surface area contributed by atoms with Crippen LogP contribution in [0.1, 0.15) is 38.7 Å². The molecule has 1 aromatic heterocycles. The fourth-order valence-electron chi connectivity index (χ4n) is 1.18. The molecule has 0 N–H and O–H groups in total. The van der Waals surface area contributed by atoms with Crippen LogP contribution in [0.25, 0.3) is 0 Å². The zero-order chi connectivity index (χ0) is 10.4. The van der Waals surface area contributed by atoms with Gasteiger partial charge in [-0.25, -0.2) is 4.98 Å². The van der Waals surface area contributed by atoms with Gasteiger partial charge in [-0.1, -0.05) is 19.9 Å². The van der Waals surface area contributed by atoms with Gasteiger partial charge < -0.3 is 4.74 Å². The molecule has 1 heterocycles. The molecule has 0 atom stereocenters. The molecule has 0 aliphatic heterocycles. The lowest BCUT2D eigenvalue weighted by molar-refractivity contribution is 0.114. The first-order valence-corrected chi connectivity index (χ1v) is 5.44. The van der Waals surface area contributed by atoms with E-state index in [9.17, 15) is 0 Å². The monoisotopic (exact) mass is 193 g/mol. The van der Waals surface area contributed by atoms with Gasteiger partial charge in [0.05, 0.1) is 0 Å². The van der Waals surface area contributed by atoms with Crippen LogP contribution in [-0.2, 0) is 0 Å². The molecule has 2 nitrogen and oxygen atoms in total. The van der Waals surface area contributed by atoms with Crippen molar-refractivity contribution in [3.05, 3.63) is 23.9 Å². The van der Waals surface area contributed by atoms with Crippen molar-refractivity contribution >= 4 is 0 Å². The van der Waals surface area contributed by atoms with Crippen LogP contribution in [0.15, 0.2) is 18.3 Å². The first-order chi connectivity index (χ1) is 6.84. The van der Waals surface area contributed by atoms with Gasteiger partial charge in [0.1, 0.15) is 6.10 Å². The second kappa shape index (κ2) is 5.63. The molecule has 2 heteroatoms. The van der Waals surface area contributed by atoms with E-state index in [1.54, 1.807) is 0 Å². The van der Waals surface area contributed by atoms with E-state index in [2.05, 4.69) is 4.98 Å². The number of aryl methyl sites for hydroxylation is 1. The van der Waals surface area contributed by atoms with E-state index in [1.165, 1.54) is 24.8 Å². The third kappa shape index (κ3) is 3.02. The van der Waals surface area contributed by atoms with Gasteiger partial charge in [0, 0.05) is 12.3 Å². The first-order valence-electron chi connectivity index (χ1n) is 5.44. The van der Waals surface area contributed by atoms with Crippen molar-refractivity contribution in [2.24, 2.45) is 0 Å². The summed E-state index contributed by atoms with van der Waals surface area (Å²) in [6, 6.07) is 3.97. The van der Waals surface area contributed by atoms with Crippen molar-refractivity contribution in [1.82, 2.24) is 4.98 Å². The van der Waals surface area contributed by atoms with Gasteiger partial charge >= 0.3 is 0 Å². The van der Waals surface area contributed by atoms with Crippen molar-refractivity contribution < 1.29 is 4.74 Å². The summed E-state index contributed by atoms with van der Waals surface area (Å²) in [4.78, 5) is 4.18. The van der Waals surface area contributed by atoms with Crippen molar-refractivity contribution in [2.45, 2.75) is 46.1 Å². The maximum absolute atomic E-state index is 5.59. The summed E-state index contributed by atoms with van der Waals surface area (Å²) in [6.07, 6.45) is 5.95. The highest BCUT2D eigenvalue weighted by atomic mass is 16.5. The second-order valence-corrected chi connectivity index (χ2v) is 3.34. The fraction of sp³-hybridized carbons (Fsp3) is 0.583. The molecular weight excluding hydrogens is 174 g/mol. The third-order valence-electron chi connectivity index (χ3n) is 2.22. The van der Waals surface area contributed by atoms with Gasteiger partial charge in [-0.15, -0.1) is 0 Å². The van der Waals surface area contributed by atoms with Gasteiger partial charge in [0.25, 0.3) is 0 Å². The molecule has 0 radical (unpaired) electrons. The number of hydrogen-bond donors (Lipinski definition) is 0. The van der Waals surface area contributed by atoms with Crippen LogP contribution < -0.4 is 4.74 Å². The van der Waals surface area contributed by atoms with Crippen LogP contribution in [0.4, 0.5) is 0 Å². The molecule has 1 aliphatic rings. The second-order valence-electron chi connectivity index (χ2n) is 3.34. The summed E-state index contributed by atoms with van der Waals surface area (Å²) < 4.78 is 5.59. The topological polar surface area (TPSA) is 22.1 Å². The minimum Gasteiger partial charge on any atom is -0.474 e. The number of pyridine rings is 1. The van der Waals surface area contributed by atoms with Gasteiger partial charge in [0.15, 0.2) is 0 Å². The highest BCUT2D eigenvalue weighted by Crippen LogP contribution is 2.23. The molecule has 1 aliphatic carbocycles. The quantitative estimate of drug-likeness (QED) is 0.718. The van der Waals surface area contributed by atoms with Crippen LogP contribution >= 0.6 is 0 Å². The van der Waals surface area contributed by atoms with Crippen LogP contribution in [0, 0.1) is 6.92 Å². The van der Waals surface area contributed by atoms with E-state index in [4.69, 9.17) is 4.74 Å². The molecular formula is C12H19NO. The zero-order valence-corrected chi connectivity index (χ0v) is 9.29. The normalized spacial score (nSPS) is 15.1. The molecule has 2 rings (SSSR count). The Balaban J connectivity index is 0.000000461. The van der Waals surface area contributed by atoms with Crippen molar-refractivity contribution in [1.29, 1.82) is 0 Å². The van der Waals surface area contributed by atoms with Gasteiger partial charge in [0.2, 0.25) is 5.88 Å². The average Bonchev–Trinajstić information content (AvgIpc) is 2.17. The molecule has 14 heavy (non-hydrogen) atoms. The molecule has 0 amide bonds. The van der Waals surface area contributed by atoms with Crippen LogP contribution in [-0.4, -0.2) is 11.1 Å². The fourth-order valence-corrected chi connectivity index (χ4v) is 1.18. The molecule has 1 saturated carbocycles. The maximum Gasteiger partial charge on any atom is 0.213 e. The molecule has 0 unspecified atom stereocenters. The molecule has 0 saturated heterocycles. The Labute approximate surface area is 86.3 Å². The predicted molar refractivity (Wildman–Crippen MR) is 58.6 cm³/mol. The van der Waals surface area contributed by atoms with Crippen molar-refractivity contribution in [2.75, 3.05) is 0 Å². The number of aromatic nitrogens is 1. The Kier molecular flexibility index (Phi) is 4.44. The molecule has 0 aromatic carbocycles. The number of nitrogens with zero attached hydrogens (tertiary/aromatic N) is 1. The third-order valence-corrected chi connectivity index (χ3v) is 2.22. The van der Waals surface area contributed by atoms with E-state index in [0.29, 0.717) is 6.10 Å². The predicted octanol–water partition coefficient (Wildman–Crippen LogP) is 3.35. The standard InChI is InChI=1S/C10H13NO.C2H6/c1-8-5-6-10(11-7-8)12-9-3-2-4-9;1-2/h5-7,9H,2-4H2,1H3;1-2H3. The van der Waals surface area contributed by atoms with E-state index < -0.39 is 0 Å². The summed E-state index contributed by atoms with van der Waals surface area (Å²) >= 11 is 0. The summed E-state index contributed by atoms with van der Waals surface area (Å²) in [7, 11) is 0. The minimum absolute atomic E-state index is 0.431. The summed E-state index contributed by atoms with van der Waals surface area (Å²) in [5.41, 5.74) is 1.18. The Morgan fingerprint density at radius 3 is 2.43 bits per heavy atom. The molecule has 0 spiro atoms. The lowest BCUT2D eigenvalue weighted by Gasteiger charge is -2.25. The number of ether oxygens (including phenoxy) is 1. The highest BCUT2D eigenvalue weighted by Gasteiger charge is 2.19. The molecule has 78 valence electrons. The zero-order valence-electron chi connectivity index (χ0n) is 9.29. The van der Waals surface area contributed by atoms with E-state index in [0.717, 1.165) is 5.88 Å². The van der Waals surface area contributed by atoms with Crippen LogP contribution in [0.3, 0.4) is 0 Å². The van der Waals surface area contributed by atoms with Crippen LogP contribution in [0.5, 0.6) is 5.88 Å². The minimum atomic E-state index is 0.431. The Morgan fingerprint density at radius 2 is 2.00 bits per heavy atom. The van der Waals surface area contributed by atoms with Crippen LogP contribution in [0.2, 0.25) is 0 Å². The highest BCUT2D eigenvalue weighted by molar-refractivity contribution is 5.16. The van der Waals surface area contributed by atoms with Gasteiger partial charge in [-0.2, -0.15) is 0 Å². The summed E-state index contributed by atoms with van der Waals surface area (Å²) in [5, 5.41) is 0. The lowest BCUT2D eigenvalue weighted by Crippen LogP contribution is -2.24. The first kappa shape index (κ1) is 11.0. The Hall–Kier alpha value is -1.05. The van der Waals surface area contributed by atoms with Crippen molar-refractivity contribution in [3.8, 4) is 5.88 Å². The maximum atomic E-state index is 5.59. The van der Waals surface area contributed by atoms with E-state index in [-0.39, 0.29) is 0 Å². The Morgan fingerprint density at radius 1 is 1.29 bits per heavy atom. The SMILES string of the molecule is CC.Cc1ccc(OC2CCC2)nc1. The lowest BCUT2D eigenvalue weighted by atomic mass is 9.96. The van der Waals surface area contributed by atoms with Crippen molar-refractivity contribution in [3.63, 3.8) is 0 Å². The molecule has 1 aromatic rings.